The zero-order valence-electron chi connectivity index (χ0n) is 18.4. The number of nitrogens with one attached hydrogen (secondary N) is 2. The van der Waals surface area contributed by atoms with E-state index in [9.17, 15) is 4.79 Å². The third kappa shape index (κ3) is 5.56. The van der Waals surface area contributed by atoms with Gasteiger partial charge in [0.2, 0.25) is 0 Å². The fourth-order valence-corrected chi connectivity index (χ4v) is 4.95. The number of amides is 1. The summed E-state index contributed by atoms with van der Waals surface area (Å²) in [4.78, 5) is 18.7. The summed E-state index contributed by atoms with van der Waals surface area (Å²) in [5, 5.41) is 4.61. The number of halogens is 2. The van der Waals surface area contributed by atoms with Crippen LogP contribution in [0.15, 0.2) is 48.7 Å². The Hall–Kier alpha value is -1.83. The third-order valence-corrected chi connectivity index (χ3v) is 7.08. The molecular weight excluding hydrogens is 533 g/mol. The van der Waals surface area contributed by atoms with E-state index in [-0.39, 0.29) is 5.91 Å². The molecule has 0 unspecified atom stereocenters. The first-order valence-electron chi connectivity index (χ1n) is 11.3. The number of carbonyl (C=O) groups is 1. The summed E-state index contributed by atoms with van der Waals surface area (Å²) >= 11 is 8.43. The van der Waals surface area contributed by atoms with E-state index in [4.69, 9.17) is 11.6 Å². The molecule has 2 aromatic carbocycles. The molecule has 0 saturated heterocycles. The number of nitrogens with zero attached hydrogens (tertiary/aromatic N) is 1. The number of aromatic amines is 1. The first-order valence-corrected chi connectivity index (χ1v) is 12.8. The number of hydrogen-bond donors (Lipinski definition) is 2. The molecule has 4 nitrogen and oxygen atoms in total. The van der Waals surface area contributed by atoms with Gasteiger partial charge in [-0.05, 0) is 83.9 Å². The summed E-state index contributed by atoms with van der Waals surface area (Å²) in [5.41, 5.74) is 4.95. The van der Waals surface area contributed by atoms with Gasteiger partial charge in [0.15, 0.2) is 0 Å². The van der Waals surface area contributed by atoms with Crippen molar-refractivity contribution in [3.05, 3.63) is 68.4 Å². The molecule has 0 radical (unpaired) electrons. The standard InChI is InChI=1S/C26H29ClIN3O/c1-2-3-4-5-12-31-13-10-18(11-14-31)23-17-29-25-9-7-20(16-21(23)25)30-26(32)22-15-19(28)6-8-24(22)27/h6-10,15-17,29H,2-5,11-14H2,1H3,(H,30,32). The largest absolute Gasteiger partial charge is 0.361 e. The minimum absolute atomic E-state index is 0.194. The second kappa shape index (κ2) is 10.9. The summed E-state index contributed by atoms with van der Waals surface area (Å²) in [6.45, 7) is 5.56. The van der Waals surface area contributed by atoms with Gasteiger partial charge in [-0.2, -0.15) is 0 Å². The maximum atomic E-state index is 12.8. The lowest BCUT2D eigenvalue weighted by atomic mass is 9.98. The molecule has 2 heterocycles. The zero-order valence-corrected chi connectivity index (χ0v) is 21.3. The summed E-state index contributed by atoms with van der Waals surface area (Å²) in [6.07, 6.45) is 10.7. The lowest BCUT2D eigenvalue weighted by molar-refractivity contribution is 0.102. The number of hydrogen-bond acceptors (Lipinski definition) is 2. The van der Waals surface area contributed by atoms with E-state index >= 15 is 0 Å². The van der Waals surface area contributed by atoms with E-state index < -0.39 is 0 Å². The van der Waals surface area contributed by atoms with Crippen LogP contribution in [-0.2, 0) is 0 Å². The first-order chi connectivity index (χ1) is 15.5. The number of carbonyl (C=O) groups excluding carboxylic acids is 1. The Morgan fingerprint density at radius 1 is 1.19 bits per heavy atom. The van der Waals surface area contributed by atoms with E-state index in [0.717, 1.165) is 39.7 Å². The minimum atomic E-state index is -0.194. The monoisotopic (exact) mass is 561 g/mol. The van der Waals surface area contributed by atoms with Gasteiger partial charge in [0.05, 0.1) is 10.6 Å². The van der Waals surface area contributed by atoms with Gasteiger partial charge in [-0.3, -0.25) is 9.69 Å². The lowest BCUT2D eigenvalue weighted by Crippen LogP contribution is -2.29. The molecule has 0 saturated carbocycles. The summed E-state index contributed by atoms with van der Waals surface area (Å²) in [5.74, 6) is -0.194. The molecule has 1 aliphatic heterocycles. The fraction of sp³-hybridized carbons (Fsp3) is 0.346. The zero-order chi connectivity index (χ0) is 22.5. The Kier molecular flexibility index (Phi) is 7.92. The number of fused-ring (bicyclic) bond motifs is 1. The Labute approximate surface area is 208 Å². The lowest BCUT2D eigenvalue weighted by Gasteiger charge is -2.26. The van der Waals surface area contributed by atoms with Crippen molar-refractivity contribution in [3.8, 4) is 0 Å². The molecule has 1 amide bonds. The van der Waals surface area contributed by atoms with Crippen LogP contribution in [0.25, 0.3) is 16.5 Å². The normalized spacial score (nSPS) is 14.5. The smallest absolute Gasteiger partial charge is 0.257 e. The van der Waals surface area contributed by atoms with Crippen molar-refractivity contribution in [3.63, 3.8) is 0 Å². The van der Waals surface area contributed by atoms with Crippen molar-refractivity contribution in [1.29, 1.82) is 0 Å². The van der Waals surface area contributed by atoms with Gasteiger partial charge in [-0.25, -0.2) is 0 Å². The highest BCUT2D eigenvalue weighted by atomic mass is 127. The van der Waals surface area contributed by atoms with E-state index in [1.165, 1.54) is 43.4 Å². The highest BCUT2D eigenvalue weighted by Gasteiger charge is 2.17. The van der Waals surface area contributed by atoms with Crippen LogP contribution in [0.5, 0.6) is 0 Å². The SMILES string of the molecule is CCCCCCN1CC=C(c2c[nH]c3ccc(NC(=O)c4cc(I)ccc4Cl)cc23)CC1. The molecule has 2 N–H and O–H groups in total. The second-order valence-electron chi connectivity index (χ2n) is 8.38. The highest BCUT2D eigenvalue weighted by molar-refractivity contribution is 14.1. The van der Waals surface area contributed by atoms with Crippen LogP contribution in [0.4, 0.5) is 5.69 Å². The van der Waals surface area contributed by atoms with Gasteiger partial charge in [-0.1, -0.05) is 43.9 Å². The average Bonchev–Trinajstić information content (AvgIpc) is 3.22. The molecule has 32 heavy (non-hydrogen) atoms. The molecule has 0 fully saturated rings. The topological polar surface area (TPSA) is 48.1 Å². The molecule has 6 heteroatoms. The van der Waals surface area contributed by atoms with Crippen LogP contribution in [0, 0.1) is 3.57 Å². The van der Waals surface area contributed by atoms with Gasteiger partial charge in [-0.15, -0.1) is 0 Å². The molecular formula is C26H29ClIN3O. The van der Waals surface area contributed by atoms with E-state index in [2.05, 4.69) is 63.1 Å². The van der Waals surface area contributed by atoms with E-state index in [1.807, 2.05) is 18.2 Å². The molecule has 0 aliphatic carbocycles. The van der Waals surface area contributed by atoms with Crippen molar-refractivity contribution >= 4 is 62.3 Å². The third-order valence-electron chi connectivity index (χ3n) is 6.08. The van der Waals surface area contributed by atoms with Crippen LogP contribution < -0.4 is 5.32 Å². The predicted molar refractivity (Wildman–Crippen MR) is 144 cm³/mol. The fourth-order valence-electron chi connectivity index (χ4n) is 4.26. The highest BCUT2D eigenvalue weighted by Crippen LogP contribution is 2.31. The number of aromatic nitrogens is 1. The van der Waals surface area contributed by atoms with Crippen molar-refractivity contribution < 1.29 is 4.79 Å². The van der Waals surface area contributed by atoms with Crippen LogP contribution in [0.1, 0.15) is 54.9 Å². The number of H-pyrrole nitrogens is 1. The van der Waals surface area contributed by atoms with Gasteiger partial charge in [0.1, 0.15) is 0 Å². The summed E-state index contributed by atoms with van der Waals surface area (Å²) in [7, 11) is 0. The maximum absolute atomic E-state index is 12.8. The Bertz CT molecular complexity index is 1140. The predicted octanol–water partition coefficient (Wildman–Crippen LogP) is 7.35. The van der Waals surface area contributed by atoms with Gasteiger partial charge in [0, 0.05) is 45.0 Å². The summed E-state index contributed by atoms with van der Waals surface area (Å²) < 4.78 is 0.976. The Morgan fingerprint density at radius 3 is 2.84 bits per heavy atom. The molecule has 0 spiro atoms. The maximum Gasteiger partial charge on any atom is 0.257 e. The van der Waals surface area contributed by atoms with Crippen molar-refractivity contribution in [2.24, 2.45) is 0 Å². The Balaban J connectivity index is 1.48. The number of anilines is 1. The van der Waals surface area contributed by atoms with E-state index in [0.29, 0.717) is 10.6 Å². The molecule has 3 aromatic rings. The van der Waals surface area contributed by atoms with Crippen LogP contribution in [0.3, 0.4) is 0 Å². The van der Waals surface area contributed by atoms with Crippen LogP contribution in [0.2, 0.25) is 5.02 Å². The summed E-state index contributed by atoms with van der Waals surface area (Å²) in [6, 6.07) is 11.5. The van der Waals surface area contributed by atoms with Crippen molar-refractivity contribution in [1.82, 2.24) is 9.88 Å². The molecule has 168 valence electrons. The molecule has 1 aliphatic rings. The molecule has 4 rings (SSSR count). The number of unbranched alkanes of at least 4 members (excludes halogenated alkanes) is 3. The van der Waals surface area contributed by atoms with Crippen molar-refractivity contribution in [2.75, 3.05) is 25.0 Å². The quantitative estimate of drug-likeness (QED) is 0.223. The average molecular weight is 562 g/mol. The van der Waals surface area contributed by atoms with Crippen molar-refractivity contribution in [2.45, 2.75) is 39.0 Å². The first kappa shape index (κ1) is 23.3. The van der Waals surface area contributed by atoms with Gasteiger partial charge >= 0.3 is 0 Å². The second-order valence-corrected chi connectivity index (χ2v) is 10.0. The number of benzene rings is 2. The van der Waals surface area contributed by atoms with Gasteiger partial charge < -0.3 is 10.3 Å². The van der Waals surface area contributed by atoms with Crippen LogP contribution >= 0.6 is 34.2 Å². The van der Waals surface area contributed by atoms with E-state index in [1.54, 1.807) is 12.1 Å². The molecule has 1 aromatic heterocycles. The number of rotatable bonds is 8. The molecule has 0 bridgehead atoms. The minimum Gasteiger partial charge on any atom is -0.361 e. The Morgan fingerprint density at radius 2 is 2.06 bits per heavy atom. The van der Waals surface area contributed by atoms with Crippen LogP contribution in [-0.4, -0.2) is 35.4 Å². The van der Waals surface area contributed by atoms with Gasteiger partial charge in [0.25, 0.3) is 5.91 Å². The molecule has 0 atom stereocenters.